The quantitative estimate of drug-likeness (QED) is 0.669. The molecule has 2 N–H and O–H groups in total. The average molecular weight is 301 g/mol. The summed E-state index contributed by atoms with van der Waals surface area (Å²) in [4.78, 5) is 17.1. The molecule has 1 atom stereocenters. The van der Waals surface area contributed by atoms with Crippen molar-refractivity contribution in [3.8, 4) is 0 Å². The fourth-order valence-corrected chi connectivity index (χ4v) is 2.56. The first-order valence-corrected chi connectivity index (χ1v) is 7.39. The van der Waals surface area contributed by atoms with Crippen LogP contribution in [0.3, 0.4) is 0 Å². The SMILES string of the molecule is COCCNCCNC(=O)c1sc(C(C)OC)nc1C. The summed E-state index contributed by atoms with van der Waals surface area (Å²) >= 11 is 1.38. The topological polar surface area (TPSA) is 72.5 Å². The molecule has 0 aromatic carbocycles. The van der Waals surface area contributed by atoms with Crippen molar-refractivity contribution < 1.29 is 14.3 Å². The highest BCUT2D eigenvalue weighted by molar-refractivity contribution is 7.13. The molecule has 0 aliphatic carbocycles. The Morgan fingerprint density at radius 3 is 2.75 bits per heavy atom. The number of methoxy groups -OCH3 is 2. The van der Waals surface area contributed by atoms with Gasteiger partial charge in [-0.1, -0.05) is 0 Å². The number of carbonyl (C=O) groups excluding carboxylic acids is 1. The van der Waals surface area contributed by atoms with E-state index in [9.17, 15) is 4.79 Å². The molecule has 1 rings (SSSR count). The van der Waals surface area contributed by atoms with Gasteiger partial charge in [-0.05, 0) is 13.8 Å². The van der Waals surface area contributed by atoms with Gasteiger partial charge in [0.05, 0.1) is 12.3 Å². The molecule has 0 aliphatic rings. The number of nitrogens with one attached hydrogen (secondary N) is 2. The van der Waals surface area contributed by atoms with E-state index in [1.54, 1.807) is 14.2 Å². The molecule has 0 fully saturated rings. The third kappa shape index (κ3) is 5.16. The Balaban J connectivity index is 2.41. The van der Waals surface area contributed by atoms with Crippen LogP contribution in [-0.2, 0) is 9.47 Å². The lowest BCUT2D eigenvalue weighted by atomic mass is 10.3. The predicted molar refractivity (Wildman–Crippen MR) is 79.4 cm³/mol. The van der Waals surface area contributed by atoms with Crippen LogP contribution >= 0.6 is 11.3 Å². The van der Waals surface area contributed by atoms with E-state index in [0.29, 0.717) is 24.6 Å². The fourth-order valence-electron chi connectivity index (χ4n) is 1.55. The third-order valence-corrected chi connectivity index (χ3v) is 4.11. The molecule has 0 radical (unpaired) electrons. The van der Waals surface area contributed by atoms with Crippen LogP contribution in [0, 0.1) is 6.92 Å². The first-order chi connectivity index (χ1) is 9.60. The zero-order valence-corrected chi connectivity index (χ0v) is 13.3. The summed E-state index contributed by atoms with van der Waals surface area (Å²) in [5.74, 6) is -0.0805. The van der Waals surface area contributed by atoms with Gasteiger partial charge in [0.2, 0.25) is 0 Å². The molecule has 7 heteroatoms. The van der Waals surface area contributed by atoms with Gasteiger partial charge in [0.25, 0.3) is 5.91 Å². The van der Waals surface area contributed by atoms with Crippen LogP contribution in [0.25, 0.3) is 0 Å². The molecule has 0 spiro atoms. The minimum Gasteiger partial charge on any atom is -0.383 e. The lowest BCUT2D eigenvalue weighted by molar-refractivity contribution is 0.0957. The summed E-state index contributed by atoms with van der Waals surface area (Å²) in [6.45, 7) is 6.50. The second-order valence-electron chi connectivity index (χ2n) is 4.34. The fraction of sp³-hybridized carbons (Fsp3) is 0.692. The highest BCUT2D eigenvalue weighted by Gasteiger charge is 2.17. The summed E-state index contributed by atoms with van der Waals surface area (Å²) in [6.07, 6.45) is -0.0871. The third-order valence-electron chi connectivity index (χ3n) is 2.79. The number of ether oxygens (including phenoxy) is 2. The molecule has 0 aliphatic heterocycles. The molecule has 20 heavy (non-hydrogen) atoms. The number of thiazole rings is 1. The lowest BCUT2D eigenvalue weighted by Crippen LogP contribution is -2.33. The van der Waals surface area contributed by atoms with Crippen LogP contribution in [-0.4, -0.2) is 51.4 Å². The van der Waals surface area contributed by atoms with Crippen LogP contribution in [0.5, 0.6) is 0 Å². The number of nitrogens with zero attached hydrogens (tertiary/aromatic N) is 1. The van der Waals surface area contributed by atoms with Crippen molar-refractivity contribution in [1.82, 2.24) is 15.6 Å². The van der Waals surface area contributed by atoms with E-state index in [1.807, 2.05) is 13.8 Å². The van der Waals surface area contributed by atoms with Crippen molar-refractivity contribution in [2.75, 3.05) is 40.5 Å². The molecule has 1 unspecified atom stereocenters. The van der Waals surface area contributed by atoms with Crippen molar-refractivity contribution in [2.24, 2.45) is 0 Å². The van der Waals surface area contributed by atoms with Gasteiger partial charge in [0, 0.05) is 33.9 Å². The van der Waals surface area contributed by atoms with E-state index < -0.39 is 0 Å². The summed E-state index contributed by atoms with van der Waals surface area (Å²) in [7, 11) is 3.29. The molecule has 1 heterocycles. The normalized spacial score (nSPS) is 12.4. The molecular weight excluding hydrogens is 278 g/mol. The van der Waals surface area contributed by atoms with Gasteiger partial charge >= 0.3 is 0 Å². The van der Waals surface area contributed by atoms with Crippen molar-refractivity contribution in [1.29, 1.82) is 0 Å². The van der Waals surface area contributed by atoms with Gasteiger partial charge in [-0.25, -0.2) is 4.98 Å². The van der Waals surface area contributed by atoms with E-state index in [4.69, 9.17) is 9.47 Å². The highest BCUT2D eigenvalue weighted by atomic mass is 32.1. The molecule has 114 valence electrons. The van der Waals surface area contributed by atoms with Crippen molar-refractivity contribution in [3.63, 3.8) is 0 Å². The monoisotopic (exact) mass is 301 g/mol. The second kappa shape index (κ2) is 9.02. The van der Waals surface area contributed by atoms with Gasteiger partial charge in [0.1, 0.15) is 16.0 Å². The number of carbonyl (C=O) groups is 1. The van der Waals surface area contributed by atoms with E-state index in [0.717, 1.165) is 17.2 Å². The average Bonchev–Trinajstić information content (AvgIpc) is 2.83. The number of amides is 1. The Bertz CT molecular complexity index is 423. The van der Waals surface area contributed by atoms with E-state index in [2.05, 4.69) is 15.6 Å². The van der Waals surface area contributed by atoms with Crippen LogP contribution in [0.2, 0.25) is 0 Å². The number of rotatable bonds is 9. The van der Waals surface area contributed by atoms with E-state index in [1.165, 1.54) is 11.3 Å². The maximum Gasteiger partial charge on any atom is 0.263 e. The smallest absolute Gasteiger partial charge is 0.263 e. The van der Waals surface area contributed by atoms with Crippen LogP contribution in [0.1, 0.15) is 33.4 Å². The van der Waals surface area contributed by atoms with Crippen LogP contribution in [0.15, 0.2) is 0 Å². The number of hydrogen-bond donors (Lipinski definition) is 2. The molecule has 0 saturated heterocycles. The Morgan fingerprint density at radius 2 is 2.10 bits per heavy atom. The molecule has 1 aromatic heterocycles. The summed E-state index contributed by atoms with van der Waals surface area (Å²) in [5, 5.41) is 6.87. The van der Waals surface area contributed by atoms with Gasteiger partial charge in [-0.3, -0.25) is 4.79 Å². The standard InChI is InChI=1S/C13H23N3O3S/c1-9-11(20-13(16-9)10(2)19-4)12(17)15-6-5-14-7-8-18-3/h10,14H,5-8H2,1-4H3,(H,15,17). The number of aryl methyl sites for hydroxylation is 1. The Kier molecular flexibility index (Phi) is 7.68. The molecular formula is C13H23N3O3S. The number of hydrogen-bond acceptors (Lipinski definition) is 6. The van der Waals surface area contributed by atoms with Crippen molar-refractivity contribution >= 4 is 17.2 Å². The molecule has 0 bridgehead atoms. The first kappa shape index (κ1) is 17.0. The van der Waals surface area contributed by atoms with Crippen molar-refractivity contribution in [2.45, 2.75) is 20.0 Å². The minimum atomic E-state index is -0.0871. The second-order valence-corrected chi connectivity index (χ2v) is 5.37. The van der Waals surface area contributed by atoms with Crippen molar-refractivity contribution in [3.05, 3.63) is 15.6 Å². The molecule has 1 amide bonds. The summed E-state index contributed by atoms with van der Waals surface area (Å²) in [6, 6.07) is 0. The Labute approximate surface area is 123 Å². The summed E-state index contributed by atoms with van der Waals surface area (Å²) < 4.78 is 10.1. The zero-order valence-electron chi connectivity index (χ0n) is 12.5. The maximum absolute atomic E-state index is 12.0. The van der Waals surface area contributed by atoms with Crippen LogP contribution in [0.4, 0.5) is 0 Å². The van der Waals surface area contributed by atoms with Gasteiger partial charge in [0.15, 0.2) is 0 Å². The largest absolute Gasteiger partial charge is 0.383 e. The number of aromatic nitrogens is 1. The van der Waals surface area contributed by atoms with Crippen LogP contribution < -0.4 is 10.6 Å². The zero-order chi connectivity index (χ0) is 15.0. The van der Waals surface area contributed by atoms with E-state index >= 15 is 0 Å². The molecule has 6 nitrogen and oxygen atoms in total. The first-order valence-electron chi connectivity index (χ1n) is 6.58. The maximum atomic E-state index is 12.0. The Hall–Kier alpha value is -1.02. The minimum absolute atomic E-state index is 0.0805. The Morgan fingerprint density at radius 1 is 1.35 bits per heavy atom. The lowest BCUT2D eigenvalue weighted by Gasteiger charge is -2.05. The molecule has 0 saturated carbocycles. The predicted octanol–water partition coefficient (Wildman–Crippen LogP) is 1.12. The van der Waals surface area contributed by atoms with E-state index in [-0.39, 0.29) is 12.0 Å². The summed E-state index contributed by atoms with van der Waals surface area (Å²) in [5.41, 5.74) is 0.749. The van der Waals surface area contributed by atoms with Gasteiger partial charge in [-0.15, -0.1) is 11.3 Å². The van der Waals surface area contributed by atoms with Gasteiger partial charge in [-0.2, -0.15) is 0 Å². The molecule has 1 aromatic rings. The van der Waals surface area contributed by atoms with Gasteiger partial charge < -0.3 is 20.1 Å². The highest BCUT2D eigenvalue weighted by Crippen LogP contribution is 2.25.